The van der Waals surface area contributed by atoms with Gasteiger partial charge in [0.05, 0.1) is 0 Å². The van der Waals surface area contributed by atoms with Crippen molar-refractivity contribution in [2.24, 2.45) is 0 Å². The number of hydrogen-bond donors (Lipinski definition) is 1. The Labute approximate surface area is 126 Å². The van der Waals surface area contributed by atoms with Gasteiger partial charge in [-0.25, -0.2) is 0 Å². The first-order valence-corrected chi connectivity index (χ1v) is 7.48. The highest BCUT2D eigenvalue weighted by atomic mass is 16.2. The topological polar surface area (TPSA) is 37.3 Å². The van der Waals surface area contributed by atoms with Crippen LogP contribution in [0.5, 0.6) is 0 Å². The Morgan fingerprint density at radius 1 is 1.29 bits per heavy atom. The maximum Gasteiger partial charge on any atom is 0.223 e. The molecule has 2 rings (SSSR count). The summed E-state index contributed by atoms with van der Waals surface area (Å²) < 4.78 is 2.16. The maximum atomic E-state index is 11.7. The van der Waals surface area contributed by atoms with Crippen LogP contribution in [-0.4, -0.2) is 35.5 Å². The molecule has 0 aliphatic heterocycles. The zero-order valence-electron chi connectivity index (χ0n) is 13.4. The smallest absolute Gasteiger partial charge is 0.223 e. The van der Waals surface area contributed by atoms with Crippen molar-refractivity contribution in [2.45, 2.75) is 39.4 Å². The Hall–Kier alpha value is -1.81. The first-order valence-electron chi connectivity index (χ1n) is 7.48. The number of fused-ring (bicyclic) bond motifs is 1. The van der Waals surface area contributed by atoms with Crippen molar-refractivity contribution in [3.05, 3.63) is 36.0 Å². The highest BCUT2D eigenvalue weighted by molar-refractivity contribution is 5.81. The van der Waals surface area contributed by atoms with Gasteiger partial charge in [-0.05, 0) is 23.1 Å². The molecule has 0 fully saturated rings. The van der Waals surface area contributed by atoms with Gasteiger partial charge in [0.2, 0.25) is 5.91 Å². The van der Waals surface area contributed by atoms with E-state index in [2.05, 4.69) is 54.2 Å². The van der Waals surface area contributed by atoms with Crippen LogP contribution in [0.25, 0.3) is 10.9 Å². The van der Waals surface area contributed by atoms with Gasteiger partial charge in [-0.15, -0.1) is 0 Å². The fraction of sp³-hybridized carbons (Fsp3) is 0.471. The summed E-state index contributed by atoms with van der Waals surface area (Å²) in [5, 5.41) is 4.66. The molecule has 0 aliphatic carbocycles. The molecule has 1 aromatic carbocycles. The zero-order chi connectivity index (χ0) is 15.4. The monoisotopic (exact) mass is 287 g/mol. The molecule has 0 unspecified atom stereocenters. The Balaban J connectivity index is 2.13. The molecule has 4 nitrogen and oxygen atoms in total. The Kier molecular flexibility index (Phi) is 5.02. The molecule has 1 aromatic heterocycles. The number of rotatable bonds is 6. The third-order valence-corrected chi connectivity index (χ3v) is 3.62. The second-order valence-corrected chi connectivity index (χ2v) is 5.98. The van der Waals surface area contributed by atoms with Crippen molar-refractivity contribution in [3.63, 3.8) is 0 Å². The van der Waals surface area contributed by atoms with Gasteiger partial charge in [0, 0.05) is 51.4 Å². The average molecular weight is 287 g/mol. The summed E-state index contributed by atoms with van der Waals surface area (Å²) in [6.07, 6.45) is 2.60. The first kappa shape index (κ1) is 15.6. The van der Waals surface area contributed by atoms with Crippen LogP contribution in [0.15, 0.2) is 30.5 Å². The van der Waals surface area contributed by atoms with Gasteiger partial charge in [0.1, 0.15) is 0 Å². The van der Waals surface area contributed by atoms with Crippen LogP contribution in [0, 0.1) is 0 Å². The Bertz CT molecular complexity index is 614. The third kappa shape index (κ3) is 4.08. The van der Waals surface area contributed by atoms with Crippen molar-refractivity contribution < 1.29 is 4.79 Å². The normalized spacial score (nSPS) is 11.3. The number of amides is 1. The Morgan fingerprint density at radius 2 is 2.05 bits per heavy atom. The van der Waals surface area contributed by atoms with Crippen LogP contribution < -0.4 is 5.32 Å². The van der Waals surface area contributed by atoms with E-state index in [0.29, 0.717) is 12.5 Å². The number of carbonyl (C=O) groups excluding carboxylic acids is 1. The lowest BCUT2D eigenvalue weighted by atomic mass is 10.1. The number of nitrogens with one attached hydrogen (secondary N) is 1. The Morgan fingerprint density at radius 3 is 2.71 bits per heavy atom. The van der Waals surface area contributed by atoms with E-state index in [0.717, 1.165) is 13.1 Å². The summed E-state index contributed by atoms with van der Waals surface area (Å²) >= 11 is 0. The molecule has 0 bridgehead atoms. The number of benzene rings is 1. The minimum Gasteiger partial charge on any atom is -0.349 e. The molecule has 1 heterocycles. The van der Waals surface area contributed by atoms with E-state index in [4.69, 9.17) is 0 Å². The van der Waals surface area contributed by atoms with Gasteiger partial charge < -0.3 is 14.8 Å². The molecule has 21 heavy (non-hydrogen) atoms. The van der Waals surface area contributed by atoms with Crippen molar-refractivity contribution in [2.75, 3.05) is 14.1 Å². The molecule has 0 spiro atoms. The number of aryl methyl sites for hydroxylation is 1. The summed E-state index contributed by atoms with van der Waals surface area (Å²) in [6.45, 7) is 5.89. The number of nitrogens with zero attached hydrogens (tertiary/aromatic N) is 2. The van der Waals surface area contributed by atoms with Gasteiger partial charge in [0.15, 0.2) is 0 Å². The standard InChI is InChI=1S/C17H25N3O/c1-13(2)18-12-14-5-6-15-7-9-20(16(15)11-14)10-8-17(21)19(3)4/h5-7,9,11,13,18H,8,10,12H2,1-4H3. The second kappa shape index (κ2) is 6.76. The van der Waals surface area contributed by atoms with Crippen LogP contribution in [0.4, 0.5) is 0 Å². The summed E-state index contributed by atoms with van der Waals surface area (Å²) in [7, 11) is 3.59. The molecule has 1 N–H and O–H groups in total. The lowest BCUT2D eigenvalue weighted by molar-refractivity contribution is -0.128. The van der Waals surface area contributed by atoms with Gasteiger partial charge in [-0.2, -0.15) is 0 Å². The van der Waals surface area contributed by atoms with Gasteiger partial charge in [-0.1, -0.05) is 26.0 Å². The quantitative estimate of drug-likeness (QED) is 0.887. The summed E-state index contributed by atoms with van der Waals surface area (Å²) in [4.78, 5) is 13.4. The molecule has 0 atom stereocenters. The molecule has 0 saturated carbocycles. The van der Waals surface area contributed by atoms with Gasteiger partial charge in [0.25, 0.3) is 0 Å². The molecule has 2 aromatic rings. The molecule has 0 saturated heterocycles. The molecular weight excluding hydrogens is 262 g/mol. The predicted octanol–water partition coefficient (Wildman–Crippen LogP) is 2.62. The fourth-order valence-corrected chi connectivity index (χ4v) is 2.30. The van der Waals surface area contributed by atoms with Crippen LogP contribution in [0.3, 0.4) is 0 Å². The largest absolute Gasteiger partial charge is 0.349 e. The van der Waals surface area contributed by atoms with E-state index in [1.165, 1.54) is 16.5 Å². The molecule has 0 aliphatic rings. The van der Waals surface area contributed by atoms with E-state index in [9.17, 15) is 4.79 Å². The minimum absolute atomic E-state index is 0.162. The molecule has 114 valence electrons. The highest BCUT2D eigenvalue weighted by Crippen LogP contribution is 2.18. The van der Waals surface area contributed by atoms with Crippen LogP contribution >= 0.6 is 0 Å². The maximum absolute atomic E-state index is 11.7. The molecular formula is C17H25N3O. The lowest BCUT2D eigenvalue weighted by Gasteiger charge is -2.12. The van der Waals surface area contributed by atoms with Crippen LogP contribution in [0.2, 0.25) is 0 Å². The zero-order valence-corrected chi connectivity index (χ0v) is 13.4. The molecule has 0 radical (unpaired) electrons. The van der Waals surface area contributed by atoms with Crippen molar-refractivity contribution >= 4 is 16.8 Å². The van der Waals surface area contributed by atoms with Gasteiger partial charge >= 0.3 is 0 Å². The SMILES string of the molecule is CC(C)NCc1ccc2ccn(CCC(=O)N(C)C)c2c1. The average Bonchev–Trinajstić information content (AvgIpc) is 2.84. The summed E-state index contributed by atoms with van der Waals surface area (Å²) in [5.74, 6) is 0.162. The highest BCUT2D eigenvalue weighted by Gasteiger charge is 2.07. The molecule has 4 heteroatoms. The predicted molar refractivity (Wildman–Crippen MR) is 87.2 cm³/mol. The van der Waals surface area contributed by atoms with E-state index in [1.54, 1.807) is 19.0 Å². The van der Waals surface area contributed by atoms with E-state index in [-0.39, 0.29) is 5.91 Å². The van der Waals surface area contributed by atoms with Crippen molar-refractivity contribution in [1.82, 2.24) is 14.8 Å². The third-order valence-electron chi connectivity index (χ3n) is 3.62. The van der Waals surface area contributed by atoms with Crippen LogP contribution in [-0.2, 0) is 17.9 Å². The lowest BCUT2D eigenvalue weighted by Crippen LogP contribution is -2.22. The number of hydrogen-bond acceptors (Lipinski definition) is 2. The minimum atomic E-state index is 0.162. The number of carbonyl (C=O) groups is 1. The van der Waals surface area contributed by atoms with Crippen molar-refractivity contribution in [3.8, 4) is 0 Å². The van der Waals surface area contributed by atoms with Gasteiger partial charge in [-0.3, -0.25) is 4.79 Å². The summed E-state index contributed by atoms with van der Waals surface area (Å²) in [6, 6.07) is 9.11. The van der Waals surface area contributed by atoms with E-state index in [1.807, 2.05) is 0 Å². The van der Waals surface area contributed by atoms with E-state index < -0.39 is 0 Å². The van der Waals surface area contributed by atoms with Crippen molar-refractivity contribution in [1.29, 1.82) is 0 Å². The van der Waals surface area contributed by atoms with E-state index >= 15 is 0 Å². The first-order chi connectivity index (χ1) is 9.97. The van der Waals surface area contributed by atoms with Crippen LogP contribution in [0.1, 0.15) is 25.8 Å². The summed E-state index contributed by atoms with van der Waals surface area (Å²) in [5.41, 5.74) is 2.47. The number of aromatic nitrogens is 1. The molecule has 1 amide bonds. The second-order valence-electron chi connectivity index (χ2n) is 5.98. The fourth-order valence-electron chi connectivity index (χ4n) is 2.30.